The van der Waals surface area contributed by atoms with Crippen molar-refractivity contribution in [3.05, 3.63) is 35.9 Å². The smallest absolute Gasteiger partial charge is 0.118 e. The molecule has 1 aromatic carbocycles. The van der Waals surface area contributed by atoms with Crippen molar-refractivity contribution < 1.29 is 4.74 Å². The molecule has 0 spiro atoms. The lowest BCUT2D eigenvalue weighted by atomic mass is 10.2. The lowest BCUT2D eigenvalue weighted by Crippen LogP contribution is -2.10. The summed E-state index contributed by atoms with van der Waals surface area (Å²) in [5, 5.41) is 0. The normalized spacial score (nSPS) is 11.1. The molecule has 1 rings (SSSR count). The fourth-order valence-electron chi connectivity index (χ4n) is 1.11. The van der Waals surface area contributed by atoms with Gasteiger partial charge in [0.25, 0.3) is 0 Å². The minimum atomic E-state index is 0.898. The van der Waals surface area contributed by atoms with Crippen LogP contribution < -0.4 is 4.74 Å². The maximum Gasteiger partial charge on any atom is 0.118 e. The third-order valence-electron chi connectivity index (χ3n) is 1.90. The number of hydrogen-bond donors (Lipinski definition) is 0. The van der Waals surface area contributed by atoms with E-state index in [4.69, 9.17) is 4.74 Å². The summed E-state index contributed by atoms with van der Waals surface area (Å²) in [5.41, 5.74) is 1.20. The predicted molar refractivity (Wildman–Crippen MR) is 60.6 cm³/mol. The highest BCUT2D eigenvalue weighted by Crippen LogP contribution is 2.12. The Morgan fingerprint density at radius 2 is 1.86 bits per heavy atom. The standard InChI is InChI=1S/C12H17NO/c1-13(2)10-4-5-11-6-8-12(14-3)9-7-11/h4-9H,10H2,1-3H3/b5-4+. The summed E-state index contributed by atoms with van der Waals surface area (Å²) in [4.78, 5) is 2.13. The highest BCUT2D eigenvalue weighted by molar-refractivity contribution is 5.50. The number of hydrogen-bond acceptors (Lipinski definition) is 2. The van der Waals surface area contributed by atoms with Crippen molar-refractivity contribution in [1.29, 1.82) is 0 Å². The van der Waals surface area contributed by atoms with Crippen LogP contribution in [0.2, 0.25) is 0 Å². The average Bonchev–Trinajstić information content (AvgIpc) is 2.18. The van der Waals surface area contributed by atoms with Crippen LogP contribution in [0.15, 0.2) is 30.3 Å². The summed E-state index contributed by atoms with van der Waals surface area (Å²) in [5.74, 6) is 0.898. The molecule has 14 heavy (non-hydrogen) atoms. The molecule has 0 aliphatic heterocycles. The van der Waals surface area contributed by atoms with Gasteiger partial charge in [-0.05, 0) is 31.8 Å². The number of benzene rings is 1. The van der Waals surface area contributed by atoms with Gasteiger partial charge in [-0.15, -0.1) is 0 Å². The Morgan fingerprint density at radius 3 is 2.36 bits per heavy atom. The second-order valence-electron chi connectivity index (χ2n) is 3.44. The molecule has 0 bridgehead atoms. The van der Waals surface area contributed by atoms with Crippen LogP contribution in [0.25, 0.3) is 6.08 Å². The molecule has 76 valence electrons. The fraction of sp³-hybridized carbons (Fsp3) is 0.333. The third kappa shape index (κ3) is 3.62. The van der Waals surface area contributed by atoms with Gasteiger partial charge < -0.3 is 9.64 Å². The number of rotatable bonds is 4. The van der Waals surface area contributed by atoms with E-state index in [1.54, 1.807) is 7.11 Å². The van der Waals surface area contributed by atoms with Gasteiger partial charge in [0.1, 0.15) is 5.75 Å². The van der Waals surface area contributed by atoms with Crippen LogP contribution in [0, 0.1) is 0 Å². The number of likely N-dealkylation sites (N-methyl/N-ethyl adjacent to an activating group) is 1. The van der Waals surface area contributed by atoms with Gasteiger partial charge in [-0.1, -0.05) is 24.3 Å². The van der Waals surface area contributed by atoms with Crippen molar-refractivity contribution in [3.63, 3.8) is 0 Å². The van der Waals surface area contributed by atoms with Crippen molar-refractivity contribution in [2.24, 2.45) is 0 Å². The molecular weight excluding hydrogens is 174 g/mol. The molecule has 0 saturated carbocycles. The zero-order valence-electron chi connectivity index (χ0n) is 9.03. The van der Waals surface area contributed by atoms with Crippen molar-refractivity contribution in [2.45, 2.75) is 0 Å². The van der Waals surface area contributed by atoms with Crippen LogP contribution in [0.3, 0.4) is 0 Å². The predicted octanol–water partition coefficient (Wildman–Crippen LogP) is 2.27. The van der Waals surface area contributed by atoms with Crippen molar-refractivity contribution in [1.82, 2.24) is 4.90 Å². The summed E-state index contributed by atoms with van der Waals surface area (Å²) in [7, 11) is 5.79. The minimum absolute atomic E-state index is 0.898. The summed E-state index contributed by atoms with van der Waals surface area (Å²) in [6.45, 7) is 0.964. The van der Waals surface area contributed by atoms with E-state index in [-0.39, 0.29) is 0 Å². The summed E-state index contributed by atoms with van der Waals surface area (Å²) in [6, 6.07) is 8.03. The number of methoxy groups -OCH3 is 1. The van der Waals surface area contributed by atoms with Crippen molar-refractivity contribution in [2.75, 3.05) is 27.7 Å². The topological polar surface area (TPSA) is 12.5 Å². The molecule has 0 unspecified atom stereocenters. The molecule has 0 radical (unpaired) electrons. The van der Waals surface area contributed by atoms with E-state index in [0.717, 1.165) is 12.3 Å². The maximum atomic E-state index is 5.08. The molecule has 0 aliphatic carbocycles. The Kier molecular flexibility index (Phi) is 4.20. The third-order valence-corrected chi connectivity index (χ3v) is 1.90. The van der Waals surface area contributed by atoms with Gasteiger partial charge in [0.15, 0.2) is 0 Å². The average molecular weight is 191 g/mol. The van der Waals surface area contributed by atoms with Gasteiger partial charge >= 0.3 is 0 Å². The van der Waals surface area contributed by atoms with Crippen LogP contribution in [-0.2, 0) is 0 Å². The highest BCUT2D eigenvalue weighted by Gasteiger charge is 1.89. The van der Waals surface area contributed by atoms with E-state index >= 15 is 0 Å². The quantitative estimate of drug-likeness (QED) is 0.724. The first kappa shape index (κ1) is 10.8. The highest BCUT2D eigenvalue weighted by atomic mass is 16.5. The Hall–Kier alpha value is -1.28. The zero-order valence-corrected chi connectivity index (χ0v) is 9.03. The second kappa shape index (κ2) is 5.45. The molecule has 0 fully saturated rings. The molecule has 0 N–H and O–H groups in total. The Balaban J connectivity index is 2.55. The Morgan fingerprint density at radius 1 is 1.21 bits per heavy atom. The molecule has 0 aliphatic rings. The Bertz CT molecular complexity index is 288. The van der Waals surface area contributed by atoms with Crippen LogP contribution in [0.5, 0.6) is 5.75 Å². The molecule has 2 nitrogen and oxygen atoms in total. The van der Waals surface area contributed by atoms with Crippen LogP contribution in [0.1, 0.15) is 5.56 Å². The molecule has 0 heterocycles. The number of nitrogens with zero attached hydrogens (tertiary/aromatic N) is 1. The minimum Gasteiger partial charge on any atom is -0.497 e. The van der Waals surface area contributed by atoms with Crippen molar-refractivity contribution in [3.8, 4) is 5.75 Å². The molecule has 0 atom stereocenters. The Labute approximate surface area is 85.8 Å². The van der Waals surface area contributed by atoms with E-state index in [1.807, 2.05) is 24.3 Å². The largest absolute Gasteiger partial charge is 0.497 e. The summed E-state index contributed by atoms with van der Waals surface area (Å²) < 4.78 is 5.08. The van der Waals surface area contributed by atoms with E-state index < -0.39 is 0 Å². The molecular formula is C12H17NO. The monoisotopic (exact) mass is 191 g/mol. The van der Waals surface area contributed by atoms with Gasteiger partial charge in [0.2, 0.25) is 0 Å². The molecule has 0 saturated heterocycles. The van der Waals surface area contributed by atoms with Crippen LogP contribution in [0.4, 0.5) is 0 Å². The van der Waals surface area contributed by atoms with E-state index in [1.165, 1.54) is 5.56 Å². The molecule has 1 aromatic rings. The first-order valence-electron chi connectivity index (χ1n) is 4.67. The van der Waals surface area contributed by atoms with Gasteiger partial charge in [0.05, 0.1) is 7.11 Å². The SMILES string of the molecule is COc1ccc(/C=C/CN(C)C)cc1. The van der Waals surface area contributed by atoms with Crippen molar-refractivity contribution >= 4 is 6.08 Å². The zero-order chi connectivity index (χ0) is 10.4. The maximum absolute atomic E-state index is 5.08. The molecule has 0 aromatic heterocycles. The van der Waals surface area contributed by atoms with E-state index in [9.17, 15) is 0 Å². The van der Waals surface area contributed by atoms with Gasteiger partial charge in [-0.25, -0.2) is 0 Å². The lowest BCUT2D eigenvalue weighted by Gasteiger charge is -2.03. The van der Waals surface area contributed by atoms with Gasteiger partial charge in [-0.2, -0.15) is 0 Å². The number of ether oxygens (including phenoxy) is 1. The fourth-order valence-corrected chi connectivity index (χ4v) is 1.11. The first-order chi connectivity index (χ1) is 6.72. The molecule has 2 heteroatoms. The summed E-state index contributed by atoms with van der Waals surface area (Å²) in [6.07, 6.45) is 4.25. The first-order valence-corrected chi connectivity index (χ1v) is 4.67. The van der Waals surface area contributed by atoms with E-state index in [2.05, 4.69) is 31.1 Å². The lowest BCUT2D eigenvalue weighted by molar-refractivity contribution is 0.415. The van der Waals surface area contributed by atoms with Gasteiger partial charge in [-0.3, -0.25) is 0 Å². The van der Waals surface area contributed by atoms with Crippen LogP contribution in [-0.4, -0.2) is 32.6 Å². The van der Waals surface area contributed by atoms with E-state index in [0.29, 0.717) is 0 Å². The van der Waals surface area contributed by atoms with Crippen LogP contribution >= 0.6 is 0 Å². The summed E-state index contributed by atoms with van der Waals surface area (Å²) >= 11 is 0. The second-order valence-corrected chi connectivity index (χ2v) is 3.44. The molecule has 0 amide bonds. The van der Waals surface area contributed by atoms with Gasteiger partial charge in [0, 0.05) is 6.54 Å².